The summed E-state index contributed by atoms with van der Waals surface area (Å²) in [6.45, 7) is 4.22. The van der Waals surface area contributed by atoms with Crippen LogP contribution in [0.5, 0.6) is 0 Å². The van der Waals surface area contributed by atoms with Gasteiger partial charge in [0.05, 0.1) is 4.47 Å². The summed E-state index contributed by atoms with van der Waals surface area (Å²) in [7, 11) is 0. The Morgan fingerprint density at radius 1 is 1.33 bits per heavy atom. The summed E-state index contributed by atoms with van der Waals surface area (Å²) in [5.41, 5.74) is 2.20. The van der Waals surface area contributed by atoms with E-state index >= 15 is 0 Å². The molecule has 0 atom stereocenters. The molecule has 0 saturated carbocycles. The lowest BCUT2D eigenvalue weighted by atomic mass is 9.75. The quantitative estimate of drug-likeness (QED) is 0.789. The van der Waals surface area contributed by atoms with Crippen LogP contribution in [0.4, 0.5) is 4.39 Å². The average molecular weight is 311 g/mol. The average Bonchev–Trinajstić information content (AvgIpc) is 2.20. The monoisotopic (exact) mass is 310 g/mol. The highest BCUT2D eigenvalue weighted by atomic mass is 79.9. The minimum Gasteiger partial charge on any atom is -0.295 e. The third kappa shape index (κ3) is 3.29. The van der Waals surface area contributed by atoms with Gasteiger partial charge in [0.2, 0.25) is 0 Å². The van der Waals surface area contributed by atoms with Crippen LogP contribution in [-0.2, 0) is 11.2 Å². The van der Waals surface area contributed by atoms with E-state index in [1.54, 1.807) is 18.2 Å². The van der Waals surface area contributed by atoms with Crippen LogP contribution >= 0.6 is 15.9 Å². The van der Waals surface area contributed by atoms with E-state index in [0.717, 1.165) is 17.6 Å². The predicted molar refractivity (Wildman–Crippen MR) is 73.9 cm³/mol. The van der Waals surface area contributed by atoms with Crippen LogP contribution in [0, 0.1) is 11.2 Å². The normalized spacial score (nSPS) is 18.7. The number of rotatable bonds is 2. The first-order valence-electron chi connectivity index (χ1n) is 6.02. The molecule has 1 aliphatic rings. The van der Waals surface area contributed by atoms with Crippen LogP contribution in [0.1, 0.15) is 32.3 Å². The molecule has 0 heterocycles. The van der Waals surface area contributed by atoms with E-state index in [2.05, 4.69) is 29.8 Å². The lowest BCUT2D eigenvalue weighted by Gasteiger charge is -2.28. The second-order valence-corrected chi connectivity index (χ2v) is 6.57. The summed E-state index contributed by atoms with van der Waals surface area (Å²) < 4.78 is 13.6. The summed E-state index contributed by atoms with van der Waals surface area (Å²) in [6, 6.07) is 5.00. The zero-order valence-electron chi connectivity index (χ0n) is 10.6. The van der Waals surface area contributed by atoms with E-state index in [1.165, 1.54) is 6.07 Å². The van der Waals surface area contributed by atoms with Crippen molar-refractivity contribution in [2.75, 3.05) is 0 Å². The lowest BCUT2D eigenvalue weighted by Crippen LogP contribution is -2.22. The molecule has 0 bridgehead atoms. The zero-order valence-corrected chi connectivity index (χ0v) is 12.2. The highest BCUT2D eigenvalue weighted by Crippen LogP contribution is 2.35. The molecule has 18 heavy (non-hydrogen) atoms. The third-order valence-corrected chi connectivity index (χ3v) is 3.75. The van der Waals surface area contributed by atoms with Crippen LogP contribution < -0.4 is 0 Å². The number of carbonyl (C=O) groups is 1. The van der Waals surface area contributed by atoms with Crippen molar-refractivity contribution in [1.82, 2.24) is 0 Å². The van der Waals surface area contributed by atoms with E-state index < -0.39 is 0 Å². The van der Waals surface area contributed by atoms with Crippen LogP contribution in [0.2, 0.25) is 0 Å². The number of halogens is 2. The highest BCUT2D eigenvalue weighted by molar-refractivity contribution is 9.10. The maximum absolute atomic E-state index is 13.1. The number of hydrogen-bond donors (Lipinski definition) is 0. The Bertz CT molecular complexity index is 517. The van der Waals surface area contributed by atoms with Gasteiger partial charge in [0.25, 0.3) is 0 Å². The SMILES string of the molecule is CC1(C)CC(=O)C=C(Cc2ccc(F)c(Br)c2)C1. The fraction of sp³-hybridized carbons (Fsp3) is 0.400. The summed E-state index contributed by atoms with van der Waals surface area (Å²) in [4.78, 5) is 11.7. The molecule has 0 aliphatic heterocycles. The first-order valence-corrected chi connectivity index (χ1v) is 6.81. The van der Waals surface area contributed by atoms with Gasteiger partial charge in [0, 0.05) is 6.42 Å². The third-order valence-electron chi connectivity index (χ3n) is 3.14. The number of benzene rings is 1. The molecule has 0 fully saturated rings. The van der Waals surface area contributed by atoms with Crippen molar-refractivity contribution in [1.29, 1.82) is 0 Å². The molecule has 0 N–H and O–H groups in total. The number of ketones is 1. The Morgan fingerprint density at radius 2 is 2.06 bits per heavy atom. The highest BCUT2D eigenvalue weighted by Gasteiger charge is 2.27. The van der Waals surface area contributed by atoms with Gasteiger partial charge >= 0.3 is 0 Å². The molecule has 1 aromatic rings. The van der Waals surface area contributed by atoms with E-state index in [9.17, 15) is 9.18 Å². The second-order valence-electron chi connectivity index (χ2n) is 5.71. The van der Waals surface area contributed by atoms with E-state index in [-0.39, 0.29) is 17.0 Å². The fourth-order valence-electron chi connectivity index (χ4n) is 2.50. The van der Waals surface area contributed by atoms with Gasteiger partial charge in [0.1, 0.15) is 5.82 Å². The van der Waals surface area contributed by atoms with Crippen LogP contribution in [0.3, 0.4) is 0 Å². The standard InChI is InChI=1S/C15H16BrFO/c1-15(2)8-11(6-12(18)9-15)5-10-3-4-14(17)13(16)7-10/h3-4,6-7H,5,8-9H2,1-2H3. The van der Waals surface area contributed by atoms with Crippen molar-refractivity contribution in [3.63, 3.8) is 0 Å². The molecule has 1 nitrogen and oxygen atoms in total. The second kappa shape index (κ2) is 4.96. The number of carbonyl (C=O) groups excluding carboxylic acids is 1. The molecular formula is C15H16BrFO. The molecule has 1 aromatic carbocycles. The van der Waals surface area contributed by atoms with Crippen molar-refractivity contribution in [3.8, 4) is 0 Å². The molecule has 0 radical (unpaired) electrons. The Morgan fingerprint density at radius 3 is 2.67 bits per heavy atom. The van der Waals surface area contributed by atoms with Crippen molar-refractivity contribution in [2.45, 2.75) is 33.1 Å². The molecule has 96 valence electrons. The van der Waals surface area contributed by atoms with E-state index in [0.29, 0.717) is 17.3 Å². The van der Waals surface area contributed by atoms with Crippen molar-refractivity contribution >= 4 is 21.7 Å². The lowest BCUT2D eigenvalue weighted by molar-refractivity contribution is -0.117. The van der Waals surface area contributed by atoms with Gasteiger partial charge < -0.3 is 0 Å². The van der Waals surface area contributed by atoms with E-state index in [4.69, 9.17) is 0 Å². The van der Waals surface area contributed by atoms with Gasteiger partial charge in [-0.05, 0) is 58.0 Å². The number of hydrogen-bond acceptors (Lipinski definition) is 1. The Hall–Kier alpha value is -0.960. The van der Waals surface area contributed by atoms with Crippen molar-refractivity contribution in [3.05, 3.63) is 45.7 Å². The van der Waals surface area contributed by atoms with Gasteiger partial charge in [-0.25, -0.2) is 4.39 Å². The largest absolute Gasteiger partial charge is 0.295 e. The topological polar surface area (TPSA) is 17.1 Å². The maximum atomic E-state index is 13.1. The maximum Gasteiger partial charge on any atom is 0.156 e. The Kier molecular flexibility index (Phi) is 3.71. The predicted octanol–water partition coefficient (Wildman–Crippen LogP) is 4.45. The molecule has 1 aliphatic carbocycles. The molecular weight excluding hydrogens is 295 g/mol. The molecule has 3 heteroatoms. The minimum atomic E-state index is -0.257. The van der Waals surface area contributed by atoms with Crippen molar-refractivity contribution in [2.24, 2.45) is 5.41 Å². The molecule has 2 rings (SSSR count). The van der Waals surface area contributed by atoms with Crippen LogP contribution in [-0.4, -0.2) is 5.78 Å². The molecule has 0 spiro atoms. The first kappa shape index (κ1) is 13.5. The van der Waals surface area contributed by atoms with Gasteiger partial charge in [-0.1, -0.05) is 25.5 Å². The van der Waals surface area contributed by atoms with Crippen LogP contribution in [0.15, 0.2) is 34.3 Å². The molecule has 0 saturated heterocycles. The summed E-state index contributed by atoms with van der Waals surface area (Å²) in [5.74, 6) is -0.0600. The molecule has 0 amide bonds. The number of allylic oxidation sites excluding steroid dienone is 2. The van der Waals surface area contributed by atoms with Gasteiger partial charge in [-0.2, -0.15) is 0 Å². The van der Waals surface area contributed by atoms with Crippen molar-refractivity contribution < 1.29 is 9.18 Å². The Labute approximate surface area is 115 Å². The van der Waals surface area contributed by atoms with Gasteiger partial charge in [-0.15, -0.1) is 0 Å². The zero-order chi connectivity index (χ0) is 13.3. The fourth-order valence-corrected chi connectivity index (χ4v) is 2.93. The van der Waals surface area contributed by atoms with E-state index in [1.807, 2.05) is 0 Å². The summed E-state index contributed by atoms with van der Waals surface area (Å²) in [6.07, 6.45) is 4.01. The first-order chi connectivity index (χ1) is 8.35. The molecule has 0 unspecified atom stereocenters. The van der Waals surface area contributed by atoms with Gasteiger partial charge in [-0.3, -0.25) is 4.79 Å². The summed E-state index contributed by atoms with van der Waals surface area (Å²) in [5, 5.41) is 0. The summed E-state index contributed by atoms with van der Waals surface area (Å²) >= 11 is 3.18. The van der Waals surface area contributed by atoms with Crippen LogP contribution in [0.25, 0.3) is 0 Å². The Balaban J connectivity index is 2.18. The van der Waals surface area contributed by atoms with Gasteiger partial charge in [0.15, 0.2) is 5.78 Å². The minimum absolute atomic E-state index is 0.0401. The molecule has 0 aromatic heterocycles. The smallest absolute Gasteiger partial charge is 0.156 e.